The second-order valence-electron chi connectivity index (χ2n) is 7.64. The molecule has 1 aromatic rings. The Morgan fingerprint density at radius 2 is 2.00 bits per heavy atom. The molecule has 0 aliphatic carbocycles. The molecule has 2 fully saturated rings. The van der Waals surface area contributed by atoms with Crippen LogP contribution in [0, 0.1) is 18.3 Å². The number of ether oxygens (including phenoxy) is 2. The quantitative estimate of drug-likeness (QED) is 0.840. The summed E-state index contributed by atoms with van der Waals surface area (Å²) in [6, 6.07) is 5.70. The minimum atomic E-state index is 0.126. The summed E-state index contributed by atoms with van der Waals surface area (Å²) >= 11 is 0. The number of methoxy groups -OCH3 is 2. The van der Waals surface area contributed by atoms with Gasteiger partial charge >= 0.3 is 0 Å². The van der Waals surface area contributed by atoms with Gasteiger partial charge in [-0.05, 0) is 44.4 Å². The third-order valence-corrected chi connectivity index (χ3v) is 6.13. The summed E-state index contributed by atoms with van der Waals surface area (Å²) in [4.78, 5) is 17.4. The van der Waals surface area contributed by atoms with Gasteiger partial charge in [0.1, 0.15) is 5.75 Å². The molecule has 0 saturated carbocycles. The van der Waals surface area contributed by atoms with Crippen LogP contribution in [0.4, 0.5) is 0 Å². The molecule has 5 heteroatoms. The number of piperidine rings is 1. The number of amides is 1. The number of carbonyl (C=O) groups excluding carboxylic acids is 1. The zero-order chi connectivity index (χ0) is 18.0. The smallest absolute Gasteiger partial charge is 0.254 e. The molecule has 0 aromatic heterocycles. The van der Waals surface area contributed by atoms with Gasteiger partial charge in [-0.15, -0.1) is 0 Å². The number of hydrogen-bond donors (Lipinski definition) is 0. The van der Waals surface area contributed by atoms with Crippen LogP contribution in [-0.4, -0.2) is 69.8 Å². The Balaban J connectivity index is 1.71. The van der Waals surface area contributed by atoms with Crippen molar-refractivity contribution in [1.29, 1.82) is 0 Å². The van der Waals surface area contributed by atoms with Gasteiger partial charge in [0.05, 0.1) is 13.7 Å². The Kier molecular flexibility index (Phi) is 5.35. The molecule has 2 saturated heterocycles. The van der Waals surface area contributed by atoms with Crippen molar-refractivity contribution in [2.24, 2.45) is 11.3 Å². The standard InChI is InChI=1S/C20H30N2O3/c1-15-17(6-5-7-18(15)25-4)19(23)22-10-8-20(9-11-22)14-21(2)12-16(20)13-24-3/h5-7,16H,8-14H2,1-4H3. The number of benzene rings is 1. The molecule has 0 N–H and O–H groups in total. The van der Waals surface area contributed by atoms with Crippen molar-refractivity contribution in [3.63, 3.8) is 0 Å². The highest BCUT2D eigenvalue weighted by molar-refractivity contribution is 5.96. The molecule has 1 spiro atoms. The first-order valence-corrected chi connectivity index (χ1v) is 9.11. The molecular formula is C20H30N2O3. The number of likely N-dealkylation sites (tertiary alicyclic amines) is 2. The minimum absolute atomic E-state index is 0.126. The molecule has 1 aromatic carbocycles. The molecule has 0 radical (unpaired) electrons. The van der Waals surface area contributed by atoms with Crippen molar-refractivity contribution < 1.29 is 14.3 Å². The Labute approximate surface area is 150 Å². The van der Waals surface area contributed by atoms with E-state index in [-0.39, 0.29) is 5.91 Å². The van der Waals surface area contributed by atoms with Gasteiger partial charge in [-0.25, -0.2) is 0 Å². The summed E-state index contributed by atoms with van der Waals surface area (Å²) in [6.45, 7) is 6.62. The summed E-state index contributed by atoms with van der Waals surface area (Å²) in [6.07, 6.45) is 2.11. The zero-order valence-electron chi connectivity index (χ0n) is 15.9. The highest BCUT2D eigenvalue weighted by atomic mass is 16.5. The predicted molar refractivity (Wildman–Crippen MR) is 98.2 cm³/mol. The Morgan fingerprint density at radius 1 is 1.28 bits per heavy atom. The molecule has 1 atom stereocenters. The van der Waals surface area contributed by atoms with Gasteiger partial charge < -0.3 is 19.3 Å². The molecule has 25 heavy (non-hydrogen) atoms. The number of carbonyl (C=O) groups is 1. The number of hydrogen-bond acceptors (Lipinski definition) is 4. The maximum atomic E-state index is 13.0. The average Bonchev–Trinajstić information content (AvgIpc) is 2.90. The lowest BCUT2D eigenvalue weighted by atomic mass is 9.71. The van der Waals surface area contributed by atoms with Gasteiger partial charge in [-0.3, -0.25) is 4.79 Å². The summed E-state index contributed by atoms with van der Waals surface area (Å²) in [5.41, 5.74) is 1.98. The highest BCUT2D eigenvalue weighted by Crippen LogP contribution is 2.44. The van der Waals surface area contributed by atoms with E-state index in [1.165, 1.54) is 0 Å². The lowest BCUT2D eigenvalue weighted by Crippen LogP contribution is -2.47. The van der Waals surface area contributed by atoms with Gasteiger partial charge in [-0.2, -0.15) is 0 Å². The second-order valence-corrected chi connectivity index (χ2v) is 7.64. The van der Waals surface area contributed by atoms with Crippen molar-refractivity contribution in [3.05, 3.63) is 29.3 Å². The van der Waals surface area contributed by atoms with Crippen LogP contribution in [0.2, 0.25) is 0 Å². The first-order chi connectivity index (χ1) is 12.0. The van der Waals surface area contributed by atoms with Crippen molar-refractivity contribution in [1.82, 2.24) is 9.80 Å². The largest absolute Gasteiger partial charge is 0.496 e. The van der Waals surface area contributed by atoms with Crippen LogP contribution in [0.1, 0.15) is 28.8 Å². The van der Waals surface area contributed by atoms with E-state index in [0.717, 1.165) is 62.5 Å². The van der Waals surface area contributed by atoms with Crippen molar-refractivity contribution >= 4 is 5.91 Å². The summed E-state index contributed by atoms with van der Waals surface area (Å²) < 4.78 is 10.8. The lowest BCUT2D eigenvalue weighted by molar-refractivity contribution is 0.0324. The molecule has 1 unspecified atom stereocenters. The molecule has 2 aliphatic rings. The molecule has 5 nitrogen and oxygen atoms in total. The molecule has 2 aliphatic heterocycles. The maximum absolute atomic E-state index is 13.0. The molecule has 2 heterocycles. The van der Waals surface area contributed by atoms with Crippen LogP contribution in [0.15, 0.2) is 18.2 Å². The predicted octanol–water partition coefficient (Wildman–Crippen LogP) is 2.43. The Bertz CT molecular complexity index is 623. The third-order valence-electron chi connectivity index (χ3n) is 6.13. The van der Waals surface area contributed by atoms with Gasteiger partial charge in [0, 0.05) is 50.3 Å². The summed E-state index contributed by atoms with van der Waals surface area (Å²) in [7, 11) is 5.62. The Hall–Kier alpha value is -1.59. The highest BCUT2D eigenvalue weighted by Gasteiger charge is 2.47. The van der Waals surface area contributed by atoms with E-state index in [4.69, 9.17) is 9.47 Å². The average molecular weight is 346 g/mol. The maximum Gasteiger partial charge on any atom is 0.254 e. The first-order valence-electron chi connectivity index (χ1n) is 9.11. The van der Waals surface area contributed by atoms with Crippen LogP contribution in [-0.2, 0) is 4.74 Å². The SMILES string of the molecule is COCC1CN(C)CC12CCN(C(=O)c1cccc(OC)c1C)CC2. The Morgan fingerprint density at radius 3 is 2.64 bits per heavy atom. The van der Waals surface area contributed by atoms with Crippen molar-refractivity contribution in [2.75, 3.05) is 54.1 Å². The van der Waals surface area contributed by atoms with E-state index in [2.05, 4.69) is 11.9 Å². The van der Waals surface area contributed by atoms with Gasteiger partial charge in [0.15, 0.2) is 0 Å². The van der Waals surface area contributed by atoms with Crippen LogP contribution < -0.4 is 4.74 Å². The van der Waals surface area contributed by atoms with E-state index >= 15 is 0 Å². The fourth-order valence-corrected chi connectivity index (χ4v) is 4.69. The summed E-state index contributed by atoms with van der Waals surface area (Å²) in [5.74, 6) is 1.47. The third kappa shape index (κ3) is 3.40. The minimum Gasteiger partial charge on any atom is -0.496 e. The van der Waals surface area contributed by atoms with Gasteiger partial charge in [0.2, 0.25) is 0 Å². The van der Waals surface area contributed by atoms with E-state index < -0.39 is 0 Å². The molecular weight excluding hydrogens is 316 g/mol. The van der Waals surface area contributed by atoms with Crippen LogP contribution in [0.3, 0.4) is 0 Å². The van der Waals surface area contributed by atoms with Crippen molar-refractivity contribution in [2.45, 2.75) is 19.8 Å². The van der Waals surface area contributed by atoms with Gasteiger partial charge in [-0.1, -0.05) is 6.07 Å². The van der Waals surface area contributed by atoms with E-state index in [1.54, 1.807) is 14.2 Å². The fourth-order valence-electron chi connectivity index (χ4n) is 4.69. The summed E-state index contributed by atoms with van der Waals surface area (Å²) in [5, 5.41) is 0. The molecule has 0 bridgehead atoms. The molecule has 1 amide bonds. The van der Waals surface area contributed by atoms with Crippen molar-refractivity contribution in [3.8, 4) is 5.75 Å². The van der Waals surface area contributed by atoms with E-state index in [1.807, 2.05) is 30.0 Å². The zero-order valence-corrected chi connectivity index (χ0v) is 15.9. The van der Waals surface area contributed by atoms with E-state index in [0.29, 0.717) is 11.3 Å². The topological polar surface area (TPSA) is 42.0 Å². The first kappa shape index (κ1) is 18.2. The second kappa shape index (κ2) is 7.34. The van der Waals surface area contributed by atoms with Gasteiger partial charge in [0.25, 0.3) is 5.91 Å². The van der Waals surface area contributed by atoms with Crippen LogP contribution in [0.25, 0.3) is 0 Å². The molecule has 3 rings (SSSR count). The lowest BCUT2D eigenvalue weighted by Gasteiger charge is -2.42. The van der Waals surface area contributed by atoms with E-state index in [9.17, 15) is 4.79 Å². The molecule has 138 valence electrons. The monoisotopic (exact) mass is 346 g/mol. The normalized spacial score (nSPS) is 23.2. The van der Waals surface area contributed by atoms with Crippen LogP contribution in [0.5, 0.6) is 5.75 Å². The number of nitrogens with zero attached hydrogens (tertiary/aromatic N) is 2. The fraction of sp³-hybridized carbons (Fsp3) is 0.650. The number of rotatable bonds is 4. The van der Waals surface area contributed by atoms with Crippen LogP contribution >= 0.6 is 0 Å².